The molecule has 0 saturated heterocycles. The first-order valence-electron chi connectivity index (χ1n) is 7.22. The lowest BCUT2D eigenvalue weighted by molar-refractivity contribution is -0.513. The van der Waals surface area contributed by atoms with E-state index in [1.807, 2.05) is 0 Å². The highest BCUT2D eigenvalue weighted by atomic mass is 16.6. The zero-order chi connectivity index (χ0) is 17.3. The van der Waals surface area contributed by atoms with E-state index < -0.39 is 28.8 Å². The normalized spacial score (nSPS) is 19.2. The molecule has 2 aromatic carbocycles. The minimum atomic E-state index is -1.57. The summed E-state index contributed by atoms with van der Waals surface area (Å²) in [5, 5.41) is 20.4. The molecular weight excluding hydrogens is 314 g/mol. The quantitative estimate of drug-likeness (QED) is 0.398. The zero-order valence-electron chi connectivity index (χ0n) is 12.4. The topological polar surface area (TPSA) is 107 Å². The maximum Gasteiger partial charge on any atom is 0.388 e. The van der Waals surface area contributed by atoms with Crippen molar-refractivity contribution >= 4 is 11.9 Å². The average Bonchev–Trinajstić information content (AvgIpc) is 2.54. The Bertz CT molecular complexity index is 817. The molecule has 1 heterocycles. The summed E-state index contributed by atoms with van der Waals surface area (Å²) < 4.78 is 5.15. The molecule has 0 amide bonds. The summed E-state index contributed by atoms with van der Waals surface area (Å²) in [5.41, 5.74) is 1.36. The fourth-order valence-electron chi connectivity index (χ4n) is 2.97. The number of carbonyl (C=O) groups excluding carboxylic acids is 1. The number of benzene rings is 2. The van der Waals surface area contributed by atoms with Gasteiger partial charge in [0.25, 0.3) is 0 Å². The van der Waals surface area contributed by atoms with Gasteiger partial charge in [0.2, 0.25) is 0 Å². The molecular formula is C17H13NO6. The highest BCUT2D eigenvalue weighted by Crippen LogP contribution is 2.41. The third-order valence-corrected chi connectivity index (χ3v) is 3.95. The Morgan fingerprint density at radius 2 is 1.88 bits per heavy atom. The molecule has 7 nitrogen and oxygen atoms in total. The van der Waals surface area contributed by atoms with Gasteiger partial charge in [-0.3, -0.25) is 14.9 Å². The molecule has 0 fully saturated rings. The van der Waals surface area contributed by atoms with E-state index in [1.54, 1.807) is 42.5 Å². The highest BCUT2D eigenvalue weighted by molar-refractivity contribution is 5.83. The molecule has 1 aliphatic rings. The van der Waals surface area contributed by atoms with Crippen molar-refractivity contribution in [1.82, 2.24) is 0 Å². The van der Waals surface area contributed by atoms with Gasteiger partial charge >= 0.3 is 18.0 Å². The number of rotatable bonds is 4. The van der Waals surface area contributed by atoms with E-state index in [4.69, 9.17) is 9.84 Å². The van der Waals surface area contributed by atoms with Crippen LogP contribution in [0.1, 0.15) is 22.6 Å². The lowest BCUT2D eigenvalue weighted by Gasteiger charge is -2.28. The largest absolute Gasteiger partial charge is 0.481 e. The second-order valence-corrected chi connectivity index (χ2v) is 5.45. The molecule has 2 unspecified atom stereocenters. The average molecular weight is 327 g/mol. The summed E-state index contributed by atoms with van der Waals surface area (Å²) in [6.45, 7) is 0. The van der Waals surface area contributed by atoms with E-state index in [0.29, 0.717) is 16.7 Å². The van der Waals surface area contributed by atoms with Crippen LogP contribution in [-0.4, -0.2) is 28.0 Å². The van der Waals surface area contributed by atoms with E-state index in [0.717, 1.165) is 0 Å². The molecule has 1 N–H and O–H groups in total. The maximum atomic E-state index is 12.2. The summed E-state index contributed by atoms with van der Waals surface area (Å²) in [5.74, 6) is -2.78. The van der Waals surface area contributed by atoms with Crippen LogP contribution in [0.2, 0.25) is 0 Å². The van der Waals surface area contributed by atoms with Gasteiger partial charge in [-0.25, -0.2) is 4.79 Å². The van der Waals surface area contributed by atoms with Crippen molar-refractivity contribution in [2.75, 3.05) is 0 Å². The van der Waals surface area contributed by atoms with E-state index in [-0.39, 0.29) is 12.2 Å². The van der Waals surface area contributed by atoms with Gasteiger partial charge in [-0.15, -0.1) is 0 Å². The molecule has 2 aromatic rings. The van der Waals surface area contributed by atoms with Crippen molar-refractivity contribution in [2.24, 2.45) is 0 Å². The van der Waals surface area contributed by atoms with Gasteiger partial charge in [0.05, 0.1) is 12.3 Å². The van der Waals surface area contributed by atoms with Crippen molar-refractivity contribution < 1.29 is 24.4 Å². The first kappa shape index (κ1) is 15.7. The summed E-state index contributed by atoms with van der Waals surface area (Å²) in [6, 6.07) is 11.8. The summed E-state index contributed by atoms with van der Waals surface area (Å²) in [6.07, 6.45) is -0.332. The Morgan fingerprint density at radius 3 is 2.50 bits per heavy atom. The van der Waals surface area contributed by atoms with Crippen molar-refractivity contribution in [3.8, 4) is 5.75 Å². The smallest absolute Gasteiger partial charge is 0.388 e. The van der Waals surface area contributed by atoms with Crippen molar-refractivity contribution in [3.63, 3.8) is 0 Å². The highest BCUT2D eigenvalue weighted by Gasteiger charge is 2.47. The fraction of sp³-hybridized carbons (Fsp3) is 0.176. The van der Waals surface area contributed by atoms with Crippen LogP contribution < -0.4 is 4.74 Å². The number of fused-ring (bicyclic) bond motifs is 1. The second kappa shape index (κ2) is 6.11. The Kier molecular flexibility index (Phi) is 3.99. The summed E-state index contributed by atoms with van der Waals surface area (Å²) in [7, 11) is 0. The molecule has 1 aliphatic heterocycles. The van der Waals surface area contributed by atoms with Crippen LogP contribution in [0.15, 0.2) is 48.5 Å². The van der Waals surface area contributed by atoms with Crippen molar-refractivity contribution in [1.29, 1.82) is 0 Å². The number of carboxylic acid groups (broad SMARTS) is 1. The summed E-state index contributed by atoms with van der Waals surface area (Å²) >= 11 is 0. The van der Waals surface area contributed by atoms with Gasteiger partial charge in [-0.1, -0.05) is 48.5 Å². The van der Waals surface area contributed by atoms with Crippen LogP contribution in [0.4, 0.5) is 0 Å². The first-order chi connectivity index (χ1) is 11.5. The van der Waals surface area contributed by atoms with Gasteiger partial charge in [0.15, 0.2) is 0 Å². The molecule has 7 heteroatoms. The molecule has 0 spiro atoms. The third-order valence-electron chi connectivity index (χ3n) is 3.95. The van der Waals surface area contributed by atoms with Crippen molar-refractivity contribution in [3.05, 3.63) is 75.3 Å². The lowest BCUT2D eigenvalue weighted by Crippen LogP contribution is -2.43. The van der Waals surface area contributed by atoms with Crippen LogP contribution in [0.5, 0.6) is 5.75 Å². The molecule has 0 aliphatic carbocycles. The molecule has 2 atom stereocenters. The number of esters is 1. The molecule has 0 radical (unpaired) electrons. The molecule has 0 bridgehead atoms. The van der Waals surface area contributed by atoms with Crippen LogP contribution in [0.25, 0.3) is 0 Å². The molecule has 24 heavy (non-hydrogen) atoms. The van der Waals surface area contributed by atoms with Crippen LogP contribution >= 0.6 is 0 Å². The monoisotopic (exact) mass is 327 g/mol. The third kappa shape index (κ3) is 2.71. The zero-order valence-corrected chi connectivity index (χ0v) is 12.4. The maximum absolute atomic E-state index is 12.2. The SMILES string of the molecule is O=C(O)Cc1cccc2c1OC(=O)C([N+](=O)[O-])C2c1ccccc1. The number of hydrogen-bond acceptors (Lipinski definition) is 5. The number of nitro groups is 1. The van der Waals surface area contributed by atoms with E-state index >= 15 is 0 Å². The number of ether oxygens (including phenoxy) is 1. The molecule has 0 saturated carbocycles. The number of carboxylic acids is 1. The standard InChI is InChI=1S/C17H13NO6/c19-13(20)9-11-7-4-8-12-14(10-5-2-1-3-6-10)15(18(22)23)17(21)24-16(11)12/h1-8,14-15H,9H2,(H,19,20). The number of aliphatic carboxylic acids is 1. The minimum Gasteiger partial charge on any atom is -0.481 e. The molecule has 122 valence electrons. The van der Waals surface area contributed by atoms with Gasteiger partial charge in [0, 0.05) is 16.1 Å². The minimum absolute atomic E-state index is 0.108. The number of nitrogens with zero attached hydrogens (tertiary/aromatic N) is 1. The lowest BCUT2D eigenvalue weighted by atomic mass is 9.82. The predicted octanol–water partition coefficient (Wildman–Crippen LogP) is 2.01. The van der Waals surface area contributed by atoms with Gasteiger partial charge in [-0.2, -0.15) is 0 Å². The first-order valence-corrected chi connectivity index (χ1v) is 7.22. The van der Waals surface area contributed by atoms with E-state index in [1.165, 1.54) is 6.07 Å². The fourth-order valence-corrected chi connectivity index (χ4v) is 2.97. The van der Waals surface area contributed by atoms with Gasteiger partial charge in [0.1, 0.15) is 5.75 Å². The number of hydrogen-bond donors (Lipinski definition) is 1. The molecule has 3 rings (SSSR count). The second-order valence-electron chi connectivity index (χ2n) is 5.45. The predicted molar refractivity (Wildman–Crippen MR) is 82.5 cm³/mol. The molecule has 0 aromatic heterocycles. The number of carbonyl (C=O) groups is 2. The van der Waals surface area contributed by atoms with Gasteiger partial charge < -0.3 is 9.84 Å². The number of para-hydroxylation sites is 1. The van der Waals surface area contributed by atoms with Crippen LogP contribution in [0.3, 0.4) is 0 Å². The Hall–Kier alpha value is -3.22. The van der Waals surface area contributed by atoms with Crippen LogP contribution in [0, 0.1) is 10.1 Å². The Labute approximate surface area is 136 Å². The van der Waals surface area contributed by atoms with E-state index in [2.05, 4.69) is 0 Å². The van der Waals surface area contributed by atoms with Crippen LogP contribution in [-0.2, 0) is 16.0 Å². The Balaban J connectivity index is 2.20. The van der Waals surface area contributed by atoms with Crippen molar-refractivity contribution in [2.45, 2.75) is 18.4 Å². The Morgan fingerprint density at radius 1 is 1.17 bits per heavy atom. The van der Waals surface area contributed by atoms with Gasteiger partial charge in [-0.05, 0) is 5.56 Å². The summed E-state index contributed by atoms with van der Waals surface area (Å²) in [4.78, 5) is 34.0. The van der Waals surface area contributed by atoms with E-state index in [9.17, 15) is 19.7 Å².